The molecular formula is C13H18ClNO2. The molecule has 0 aromatic heterocycles. The number of likely N-dealkylation sites (N-methyl/N-ethyl adjacent to an activating group) is 1. The van der Waals surface area contributed by atoms with Crippen molar-refractivity contribution in [1.29, 1.82) is 0 Å². The standard InChI is InChI=1S/C13H18ClNO2/c1-4-15(5-2)12(13(16)17)10-7-6-9(3)11(14)8-10/h6-8,12H,4-5H2,1-3H3,(H,16,17). The lowest BCUT2D eigenvalue weighted by molar-refractivity contribution is -0.143. The fraction of sp³-hybridized carbons (Fsp3) is 0.462. The number of carboxylic acids is 1. The first kappa shape index (κ1) is 14.0. The molecule has 0 saturated heterocycles. The molecule has 0 radical (unpaired) electrons. The van der Waals surface area contributed by atoms with Gasteiger partial charge in [-0.25, -0.2) is 0 Å². The Morgan fingerprint density at radius 2 is 2.00 bits per heavy atom. The number of aliphatic carboxylic acids is 1. The molecule has 0 saturated carbocycles. The summed E-state index contributed by atoms with van der Waals surface area (Å²) in [5.41, 5.74) is 1.69. The zero-order chi connectivity index (χ0) is 13.0. The lowest BCUT2D eigenvalue weighted by Gasteiger charge is -2.26. The fourth-order valence-electron chi connectivity index (χ4n) is 1.88. The lowest BCUT2D eigenvalue weighted by atomic mass is 10.0. The second kappa shape index (κ2) is 6.03. The number of hydrogen-bond acceptors (Lipinski definition) is 2. The third kappa shape index (κ3) is 3.20. The van der Waals surface area contributed by atoms with Crippen LogP contribution >= 0.6 is 11.6 Å². The molecule has 0 bridgehead atoms. The van der Waals surface area contributed by atoms with Crippen LogP contribution in [0.25, 0.3) is 0 Å². The highest BCUT2D eigenvalue weighted by molar-refractivity contribution is 6.31. The van der Waals surface area contributed by atoms with Crippen molar-refractivity contribution in [3.8, 4) is 0 Å². The molecule has 94 valence electrons. The quantitative estimate of drug-likeness (QED) is 0.879. The third-order valence-electron chi connectivity index (χ3n) is 2.92. The molecule has 0 amide bonds. The van der Waals surface area contributed by atoms with Crippen LogP contribution in [0.15, 0.2) is 18.2 Å². The van der Waals surface area contributed by atoms with Gasteiger partial charge in [0.2, 0.25) is 0 Å². The summed E-state index contributed by atoms with van der Waals surface area (Å²) in [5.74, 6) is -0.839. The van der Waals surface area contributed by atoms with E-state index in [-0.39, 0.29) is 0 Å². The largest absolute Gasteiger partial charge is 0.480 e. The molecule has 1 aromatic carbocycles. The zero-order valence-electron chi connectivity index (χ0n) is 10.4. The van der Waals surface area contributed by atoms with Crippen molar-refractivity contribution >= 4 is 17.6 Å². The SMILES string of the molecule is CCN(CC)C(C(=O)O)c1ccc(C)c(Cl)c1. The van der Waals surface area contributed by atoms with E-state index in [2.05, 4.69) is 0 Å². The Bertz CT molecular complexity index is 402. The summed E-state index contributed by atoms with van der Waals surface area (Å²) in [6, 6.07) is 4.81. The van der Waals surface area contributed by atoms with Crippen LogP contribution in [-0.2, 0) is 4.79 Å². The molecule has 0 aliphatic carbocycles. The van der Waals surface area contributed by atoms with E-state index in [1.165, 1.54) is 0 Å². The van der Waals surface area contributed by atoms with Crippen LogP contribution in [0.3, 0.4) is 0 Å². The Kier molecular flexibility index (Phi) is 4.97. The van der Waals surface area contributed by atoms with E-state index in [0.29, 0.717) is 18.1 Å². The minimum atomic E-state index is -0.839. The van der Waals surface area contributed by atoms with Crippen molar-refractivity contribution in [2.45, 2.75) is 26.8 Å². The summed E-state index contributed by atoms with van der Waals surface area (Å²) < 4.78 is 0. The van der Waals surface area contributed by atoms with Gasteiger partial charge in [-0.3, -0.25) is 9.69 Å². The summed E-state index contributed by atoms with van der Waals surface area (Å²) in [4.78, 5) is 13.3. The second-order valence-corrected chi connectivity index (χ2v) is 4.38. The molecule has 1 rings (SSSR count). The summed E-state index contributed by atoms with van der Waals surface area (Å²) >= 11 is 6.04. The van der Waals surface area contributed by atoms with E-state index in [9.17, 15) is 9.90 Å². The number of carboxylic acid groups (broad SMARTS) is 1. The molecule has 0 heterocycles. The molecule has 0 spiro atoms. The molecule has 1 unspecified atom stereocenters. The van der Waals surface area contributed by atoms with Gasteiger partial charge in [0.15, 0.2) is 0 Å². The van der Waals surface area contributed by atoms with E-state index in [4.69, 9.17) is 11.6 Å². The molecule has 0 fully saturated rings. The van der Waals surface area contributed by atoms with E-state index in [1.54, 1.807) is 6.07 Å². The Morgan fingerprint density at radius 3 is 2.41 bits per heavy atom. The van der Waals surface area contributed by atoms with Crippen LogP contribution in [0.4, 0.5) is 0 Å². The second-order valence-electron chi connectivity index (χ2n) is 3.97. The van der Waals surface area contributed by atoms with E-state index in [1.807, 2.05) is 37.8 Å². The first-order valence-electron chi connectivity index (χ1n) is 5.74. The molecule has 17 heavy (non-hydrogen) atoms. The Labute approximate surface area is 107 Å². The van der Waals surface area contributed by atoms with Gasteiger partial charge in [0.25, 0.3) is 0 Å². The Balaban J connectivity index is 3.13. The highest BCUT2D eigenvalue weighted by Crippen LogP contribution is 2.25. The number of aryl methyl sites for hydroxylation is 1. The van der Waals surface area contributed by atoms with Gasteiger partial charge in [-0.2, -0.15) is 0 Å². The van der Waals surface area contributed by atoms with Crippen molar-refractivity contribution in [3.05, 3.63) is 34.3 Å². The van der Waals surface area contributed by atoms with Crippen LogP contribution < -0.4 is 0 Å². The molecule has 4 heteroatoms. The first-order chi connectivity index (χ1) is 8.01. The third-order valence-corrected chi connectivity index (χ3v) is 3.33. The molecule has 1 atom stereocenters. The summed E-state index contributed by atoms with van der Waals surface area (Å²) in [6.45, 7) is 7.20. The number of carbonyl (C=O) groups is 1. The Hall–Kier alpha value is -1.06. The summed E-state index contributed by atoms with van der Waals surface area (Å²) in [7, 11) is 0. The number of halogens is 1. The zero-order valence-corrected chi connectivity index (χ0v) is 11.2. The maximum atomic E-state index is 11.4. The van der Waals surface area contributed by atoms with Crippen LogP contribution in [0, 0.1) is 6.92 Å². The van der Waals surface area contributed by atoms with Gasteiger partial charge < -0.3 is 5.11 Å². The van der Waals surface area contributed by atoms with Gasteiger partial charge in [-0.1, -0.05) is 37.6 Å². The van der Waals surface area contributed by atoms with Gasteiger partial charge in [0, 0.05) is 5.02 Å². The van der Waals surface area contributed by atoms with Gasteiger partial charge in [0.1, 0.15) is 6.04 Å². The highest BCUT2D eigenvalue weighted by Gasteiger charge is 2.25. The molecule has 1 aromatic rings. The molecule has 0 aliphatic rings. The average molecular weight is 256 g/mol. The molecule has 0 aliphatic heterocycles. The van der Waals surface area contributed by atoms with Crippen LogP contribution in [0.2, 0.25) is 5.02 Å². The number of nitrogens with zero attached hydrogens (tertiary/aromatic N) is 1. The minimum Gasteiger partial charge on any atom is -0.480 e. The van der Waals surface area contributed by atoms with Crippen molar-refractivity contribution in [2.24, 2.45) is 0 Å². The average Bonchev–Trinajstić information content (AvgIpc) is 2.29. The fourth-order valence-corrected chi connectivity index (χ4v) is 2.07. The highest BCUT2D eigenvalue weighted by atomic mass is 35.5. The van der Waals surface area contributed by atoms with Gasteiger partial charge >= 0.3 is 5.97 Å². The molecule has 1 N–H and O–H groups in total. The van der Waals surface area contributed by atoms with E-state index in [0.717, 1.165) is 11.1 Å². The lowest BCUT2D eigenvalue weighted by Crippen LogP contribution is -2.33. The topological polar surface area (TPSA) is 40.5 Å². The van der Waals surface area contributed by atoms with Gasteiger partial charge in [-0.05, 0) is 37.2 Å². The van der Waals surface area contributed by atoms with Gasteiger partial charge in [-0.15, -0.1) is 0 Å². The van der Waals surface area contributed by atoms with Crippen molar-refractivity contribution in [1.82, 2.24) is 4.90 Å². The normalized spacial score (nSPS) is 12.8. The minimum absolute atomic E-state index is 0.612. The molecular weight excluding hydrogens is 238 g/mol. The summed E-state index contributed by atoms with van der Waals surface area (Å²) in [6.07, 6.45) is 0. The number of benzene rings is 1. The maximum Gasteiger partial charge on any atom is 0.325 e. The number of rotatable bonds is 5. The van der Waals surface area contributed by atoms with Crippen LogP contribution in [0.5, 0.6) is 0 Å². The van der Waals surface area contributed by atoms with Crippen molar-refractivity contribution < 1.29 is 9.90 Å². The van der Waals surface area contributed by atoms with E-state index >= 15 is 0 Å². The predicted octanol–water partition coefficient (Wildman–Crippen LogP) is 3.12. The van der Waals surface area contributed by atoms with E-state index < -0.39 is 12.0 Å². The number of hydrogen-bond donors (Lipinski definition) is 1. The Morgan fingerprint density at radius 1 is 1.41 bits per heavy atom. The smallest absolute Gasteiger partial charge is 0.325 e. The van der Waals surface area contributed by atoms with Crippen LogP contribution in [-0.4, -0.2) is 29.1 Å². The maximum absolute atomic E-state index is 11.4. The van der Waals surface area contributed by atoms with Crippen molar-refractivity contribution in [2.75, 3.05) is 13.1 Å². The van der Waals surface area contributed by atoms with Crippen molar-refractivity contribution in [3.63, 3.8) is 0 Å². The van der Waals surface area contributed by atoms with Crippen LogP contribution in [0.1, 0.15) is 31.0 Å². The predicted molar refractivity (Wildman–Crippen MR) is 69.5 cm³/mol. The monoisotopic (exact) mass is 255 g/mol. The molecule has 3 nitrogen and oxygen atoms in total. The summed E-state index contributed by atoms with van der Waals surface area (Å²) in [5, 5.41) is 9.95. The van der Waals surface area contributed by atoms with Gasteiger partial charge in [0.05, 0.1) is 0 Å². The first-order valence-corrected chi connectivity index (χ1v) is 6.11.